The second kappa shape index (κ2) is 12.1. The molecule has 1 aromatic heterocycles. The van der Waals surface area contributed by atoms with Gasteiger partial charge in [-0.25, -0.2) is 0 Å². The predicted molar refractivity (Wildman–Crippen MR) is 140 cm³/mol. The van der Waals surface area contributed by atoms with Crippen molar-refractivity contribution in [3.8, 4) is 28.6 Å². The molecule has 11 heteroatoms. The van der Waals surface area contributed by atoms with E-state index < -0.39 is 17.6 Å². The first-order valence-corrected chi connectivity index (χ1v) is 12.3. The van der Waals surface area contributed by atoms with Crippen LogP contribution in [-0.2, 0) is 12.6 Å². The number of nitrogens with zero attached hydrogens (tertiary/aromatic N) is 3. The maximum atomic E-state index is 13.5. The van der Waals surface area contributed by atoms with Crippen molar-refractivity contribution in [2.24, 2.45) is 0 Å². The van der Waals surface area contributed by atoms with Gasteiger partial charge in [-0.05, 0) is 48.9 Å². The third-order valence-electron chi connectivity index (χ3n) is 6.43. The number of ether oxygens (including phenoxy) is 3. The van der Waals surface area contributed by atoms with Gasteiger partial charge < -0.3 is 23.6 Å². The molecule has 1 amide bonds. The molecule has 0 unspecified atom stereocenters. The number of benzene rings is 3. The van der Waals surface area contributed by atoms with E-state index in [1.54, 1.807) is 17.0 Å². The van der Waals surface area contributed by atoms with Gasteiger partial charge in [0.25, 0.3) is 5.91 Å². The van der Waals surface area contributed by atoms with E-state index in [1.807, 2.05) is 37.3 Å². The lowest BCUT2D eigenvalue weighted by molar-refractivity contribution is -0.137. The highest BCUT2D eigenvalue weighted by atomic mass is 19.4. The zero-order valence-corrected chi connectivity index (χ0v) is 22.4. The molecule has 0 spiro atoms. The van der Waals surface area contributed by atoms with Crippen molar-refractivity contribution in [2.45, 2.75) is 25.6 Å². The Kier molecular flexibility index (Phi) is 8.61. The van der Waals surface area contributed by atoms with Crippen molar-refractivity contribution in [3.05, 3.63) is 89.3 Å². The van der Waals surface area contributed by atoms with Crippen LogP contribution in [0.2, 0.25) is 0 Å². The van der Waals surface area contributed by atoms with Crippen LogP contribution >= 0.6 is 0 Å². The minimum Gasteiger partial charge on any atom is -0.493 e. The molecule has 0 aliphatic heterocycles. The van der Waals surface area contributed by atoms with E-state index in [0.717, 1.165) is 17.7 Å². The van der Waals surface area contributed by atoms with Crippen molar-refractivity contribution in [3.63, 3.8) is 0 Å². The highest BCUT2D eigenvalue weighted by Gasteiger charge is 2.31. The van der Waals surface area contributed by atoms with Gasteiger partial charge in [-0.2, -0.15) is 18.2 Å². The lowest BCUT2D eigenvalue weighted by atomic mass is 10.0. The monoisotopic (exact) mass is 555 g/mol. The first kappa shape index (κ1) is 28.5. The van der Waals surface area contributed by atoms with E-state index in [9.17, 15) is 18.0 Å². The SMILES string of the molecule is COc1cc(-c2noc(CCN(C(=O)c3ccc(C(F)(F)F)cc3)[C@@H](C)c3ccccc3)n2)cc(OC)c1OC. The summed E-state index contributed by atoms with van der Waals surface area (Å²) in [5, 5.41) is 4.06. The van der Waals surface area contributed by atoms with Crippen molar-refractivity contribution >= 4 is 5.91 Å². The molecule has 210 valence electrons. The Morgan fingerprint density at radius 3 is 2.12 bits per heavy atom. The summed E-state index contributed by atoms with van der Waals surface area (Å²) in [6.07, 6.45) is -4.28. The fraction of sp³-hybridized carbons (Fsp3) is 0.276. The maximum Gasteiger partial charge on any atom is 0.416 e. The Labute approximate surface area is 229 Å². The Morgan fingerprint density at radius 2 is 1.57 bits per heavy atom. The molecule has 8 nitrogen and oxygen atoms in total. The first-order valence-electron chi connectivity index (χ1n) is 12.3. The largest absolute Gasteiger partial charge is 0.493 e. The van der Waals surface area contributed by atoms with Crippen molar-refractivity contribution in [2.75, 3.05) is 27.9 Å². The lowest BCUT2D eigenvalue weighted by Crippen LogP contribution is -2.35. The van der Waals surface area contributed by atoms with Crippen LogP contribution in [0, 0.1) is 0 Å². The van der Waals surface area contributed by atoms with E-state index >= 15 is 0 Å². The summed E-state index contributed by atoms with van der Waals surface area (Å²) < 4.78 is 60.7. The summed E-state index contributed by atoms with van der Waals surface area (Å²) in [5.74, 6) is 1.40. The number of hydrogen-bond donors (Lipinski definition) is 0. The van der Waals surface area contributed by atoms with E-state index in [2.05, 4.69) is 10.1 Å². The summed E-state index contributed by atoms with van der Waals surface area (Å²) in [6.45, 7) is 2.03. The fourth-order valence-electron chi connectivity index (χ4n) is 4.25. The molecule has 0 aliphatic carbocycles. The van der Waals surface area contributed by atoms with Gasteiger partial charge in [0.15, 0.2) is 11.5 Å². The van der Waals surface area contributed by atoms with Gasteiger partial charge in [-0.15, -0.1) is 0 Å². The third kappa shape index (κ3) is 6.19. The molecule has 4 aromatic rings. The van der Waals surface area contributed by atoms with E-state index in [-0.39, 0.29) is 36.3 Å². The van der Waals surface area contributed by atoms with Gasteiger partial charge >= 0.3 is 6.18 Å². The Balaban J connectivity index is 1.58. The molecular formula is C29H28F3N3O5. The number of alkyl halides is 3. The minimum atomic E-state index is -4.49. The molecule has 0 radical (unpaired) electrons. The van der Waals surface area contributed by atoms with Gasteiger partial charge in [-0.1, -0.05) is 35.5 Å². The Morgan fingerprint density at radius 1 is 0.950 bits per heavy atom. The minimum absolute atomic E-state index is 0.138. The highest BCUT2D eigenvalue weighted by Crippen LogP contribution is 2.40. The van der Waals surface area contributed by atoms with Crippen LogP contribution in [0.3, 0.4) is 0 Å². The number of carbonyl (C=O) groups excluding carboxylic acids is 1. The maximum absolute atomic E-state index is 13.5. The van der Waals surface area contributed by atoms with Crippen molar-refractivity contribution in [1.29, 1.82) is 0 Å². The van der Waals surface area contributed by atoms with Gasteiger partial charge in [0.2, 0.25) is 17.5 Å². The molecule has 40 heavy (non-hydrogen) atoms. The molecule has 0 N–H and O–H groups in total. The van der Waals surface area contributed by atoms with Crippen LogP contribution in [0.1, 0.15) is 40.3 Å². The summed E-state index contributed by atoms with van der Waals surface area (Å²) in [5.41, 5.74) is 0.752. The van der Waals surface area contributed by atoms with E-state index in [1.165, 1.54) is 33.5 Å². The van der Waals surface area contributed by atoms with E-state index in [4.69, 9.17) is 18.7 Å². The molecule has 4 rings (SSSR count). The molecule has 1 atom stereocenters. The zero-order chi connectivity index (χ0) is 28.9. The first-order chi connectivity index (χ1) is 19.2. The van der Waals surface area contributed by atoms with Crippen LogP contribution < -0.4 is 14.2 Å². The molecule has 0 saturated carbocycles. The predicted octanol–water partition coefficient (Wildman–Crippen LogP) is 6.23. The summed E-state index contributed by atoms with van der Waals surface area (Å²) in [7, 11) is 4.50. The molecular weight excluding hydrogens is 527 g/mol. The Hall–Kier alpha value is -4.54. The summed E-state index contributed by atoms with van der Waals surface area (Å²) in [4.78, 5) is 19.5. The van der Waals surface area contributed by atoms with Crippen molar-refractivity contribution in [1.82, 2.24) is 15.0 Å². The van der Waals surface area contributed by atoms with Crippen LogP contribution in [0.5, 0.6) is 17.2 Å². The Bertz CT molecular complexity index is 1410. The molecule has 0 fully saturated rings. The molecule has 1 heterocycles. The zero-order valence-electron chi connectivity index (χ0n) is 22.4. The normalized spacial score (nSPS) is 12.1. The second-order valence-electron chi connectivity index (χ2n) is 8.84. The van der Waals surface area contributed by atoms with Gasteiger partial charge in [0, 0.05) is 24.1 Å². The average molecular weight is 556 g/mol. The van der Waals surface area contributed by atoms with Gasteiger partial charge in [-0.3, -0.25) is 4.79 Å². The fourth-order valence-corrected chi connectivity index (χ4v) is 4.25. The molecule has 0 aliphatic rings. The number of carbonyl (C=O) groups is 1. The molecule has 0 bridgehead atoms. The number of halogens is 3. The summed E-state index contributed by atoms with van der Waals surface area (Å²) in [6, 6.07) is 16.5. The van der Waals surface area contributed by atoms with Gasteiger partial charge in [0.05, 0.1) is 32.9 Å². The third-order valence-corrected chi connectivity index (χ3v) is 6.43. The second-order valence-corrected chi connectivity index (χ2v) is 8.84. The number of rotatable bonds is 10. The number of methoxy groups -OCH3 is 3. The van der Waals surface area contributed by atoms with Crippen LogP contribution in [0.15, 0.2) is 71.3 Å². The highest BCUT2D eigenvalue weighted by molar-refractivity contribution is 5.94. The van der Waals surface area contributed by atoms with Gasteiger partial charge in [0.1, 0.15) is 0 Å². The summed E-state index contributed by atoms with van der Waals surface area (Å²) >= 11 is 0. The topological polar surface area (TPSA) is 86.9 Å². The standard InChI is InChI=1S/C29H28F3N3O5/c1-18(19-8-6-5-7-9-19)35(28(36)20-10-12-22(13-11-20)29(30,31)32)15-14-25-33-27(34-40-25)21-16-23(37-2)26(39-4)24(17-21)38-3/h5-13,16-18H,14-15H2,1-4H3/t18-/m0/s1. The van der Waals surface area contributed by atoms with Crippen LogP contribution in [-0.4, -0.2) is 48.8 Å². The van der Waals surface area contributed by atoms with E-state index in [0.29, 0.717) is 22.8 Å². The molecule has 0 saturated heterocycles. The van der Waals surface area contributed by atoms with Crippen molar-refractivity contribution < 1.29 is 36.7 Å². The van der Waals surface area contributed by atoms with Crippen LogP contribution in [0.25, 0.3) is 11.4 Å². The molecule has 3 aromatic carbocycles. The quantitative estimate of drug-likeness (QED) is 0.229. The smallest absolute Gasteiger partial charge is 0.416 e. The van der Waals surface area contributed by atoms with Crippen LogP contribution in [0.4, 0.5) is 13.2 Å². The number of aromatic nitrogens is 2. The lowest BCUT2D eigenvalue weighted by Gasteiger charge is -2.29. The average Bonchev–Trinajstić information content (AvgIpc) is 3.45. The number of hydrogen-bond acceptors (Lipinski definition) is 7. The number of amides is 1.